The normalized spacial score (nSPS) is 13.8. The molecule has 0 radical (unpaired) electrons. The number of piperazine rings is 1. The van der Waals surface area contributed by atoms with Crippen molar-refractivity contribution in [3.05, 3.63) is 93.7 Å². The largest absolute Gasteiger partial charge is 0.493 e. The van der Waals surface area contributed by atoms with E-state index in [1.165, 1.54) is 19.2 Å². The number of carbonyl (C=O) groups excluding carboxylic acids is 1. The molecule has 3 aromatic rings. The van der Waals surface area contributed by atoms with Crippen LogP contribution in [-0.4, -0.2) is 44.1 Å². The molecule has 0 atom stereocenters. The van der Waals surface area contributed by atoms with Gasteiger partial charge in [-0.15, -0.1) is 0 Å². The molecule has 1 fully saturated rings. The second-order valence-corrected chi connectivity index (χ2v) is 9.08. The Morgan fingerprint density at radius 2 is 1.81 bits per heavy atom. The van der Waals surface area contributed by atoms with Gasteiger partial charge in [-0.05, 0) is 53.6 Å². The molecule has 0 aromatic heterocycles. The SMILES string of the molecule is COc1cc(/C=C(/C#N)C(=O)N2CCN(c3ccccc3)CC2)c(Br)cc1OCc1cccc(F)c1. The fourth-order valence-electron chi connectivity index (χ4n) is 4.00. The second kappa shape index (κ2) is 11.7. The zero-order valence-corrected chi connectivity index (χ0v) is 21.4. The van der Waals surface area contributed by atoms with Gasteiger partial charge in [0.05, 0.1) is 7.11 Å². The lowest BCUT2D eigenvalue weighted by Gasteiger charge is -2.36. The van der Waals surface area contributed by atoms with Gasteiger partial charge >= 0.3 is 0 Å². The Kier molecular flexibility index (Phi) is 8.24. The maximum Gasteiger partial charge on any atom is 0.264 e. The van der Waals surface area contributed by atoms with Crippen molar-refractivity contribution in [1.82, 2.24) is 4.90 Å². The fraction of sp³-hybridized carbons (Fsp3) is 0.214. The second-order valence-electron chi connectivity index (χ2n) is 8.23. The Morgan fingerprint density at radius 3 is 2.47 bits per heavy atom. The van der Waals surface area contributed by atoms with Crippen LogP contribution in [-0.2, 0) is 11.4 Å². The summed E-state index contributed by atoms with van der Waals surface area (Å²) < 4.78 is 25.4. The van der Waals surface area contributed by atoms with Gasteiger partial charge in [0, 0.05) is 36.3 Å². The molecule has 36 heavy (non-hydrogen) atoms. The van der Waals surface area contributed by atoms with Crippen molar-refractivity contribution in [2.45, 2.75) is 6.61 Å². The number of methoxy groups -OCH3 is 1. The monoisotopic (exact) mass is 549 g/mol. The fourth-order valence-corrected chi connectivity index (χ4v) is 4.43. The van der Waals surface area contributed by atoms with E-state index in [4.69, 9.17) is 9.47 Å². The quantitative estimate of drug-likeness (QED) is 0.290. The van der Waals surface area contributed by atoms with Gasteiger partial charge in [0.2, 0.25) is 0 Å². The van der Waals surface area contributed by atoms with E-state index in [0.29, 0.717) is 53.3 Å². The van der Waals surface area contributed by atoms with Crippen molar-refractivity contribution in [2.24, 2.45) is 0 Å². The summed E-state index contributed by atoms with van der Waals surface area (Å²) in [5.74, 6) is 0.247. The zero-order chi connectivity index (χ0) is 25.5. The average molecular weight is 550 g/mol. The number of ether oxygens (including phenoxy) is 2. The molecule has 4 rings (SSSR count). The van der Waals surface area contributed by atoms with E-state index in [0.717, 1.165) is 5.69 Å². The summed E-state index contributed by atoms with van der Waals surface area (Å²) in [5.41, 5.74) is 2.45. The number of anilines is 1. The van der Waals surface area contributed by atoms with Gasteiger partial charge in [0.25, 0.3) is 5.91 Å². The predicted molar refractivity (Wildman–Crippen MR) is 140 cm³/mol. The van der Waals surface area contributed by atoms with Gasteiger partial charge in [0.1, 0.15) is 24.1 Å². The highest BCUT2D eigenvalue weighted by atomic mass is 79.9. The Labute approximate surface area is 218 Å². The summed E-state index contributed by atoms with van der Waals surface area (Å²) >= 11 is 3.50. The van der Waals surface area contributed by atoms with Crippen LogP contribution in [0.4, 0.5) is 10.1 Å². The lowest BCUT2D eigenvalue weighted by Crippen LogP contribution is -2.49. The number of hydrogen-bond donors (Lipinski definition) is 0. The van der Waals surface area contributed by atoms with Gasteiger partial charge in [-0.2, -0.15) is 5.26 Å². The minimum atomic E-state index is -0.333. The number of carbonyl (C=O) groups is 1. The number of benzene rings is 3. The van der Waals surface area contributed by atoms with Crippen molar-refractivity contribution >= 4 is 33.6 Å². The summed E-state index contributed by atoms with van der Waals surface area (Å²) in [6.07, 6.45) is 1.55. The minimum absolute atomic E-state index is 0.0411. The number of halogens is 2. The summed E-state index contributed by atoms with van der Waals surface area (Å²) in [5, 5.41) is 9.74. The summed E-state index contributed by atoms with van der Waals surface area (Å²) in [7, 11) is 1.51. The van der Waals surface area contributed by atoms with Crippen LogP contribution in [0.3, 0.4) is 0 Å². The lowest BCUT2D eigenvalue weighted by molar-refractivity contribution is -0.126. The third kappa shape index (κ3) is 6.04. The molecule has 0 saturated carbocycles. The molecule has 1 aliphatic rings. The summed E-state index contributed by atoms with van der Waals surface area (Å²) in [6, 6.07) is 21.7. The van der Waals surface area contributed by atoms with Crippen molar-refractivity contribution in [3.63, 3.8) is 0 Å². The number of rotatable bonds is 7. The number of amides is 1. The first-order valence-corrected chi connectivity index (χ1v) is 12.2. The van der Waals surface area contributed by atoms with Gasteiger partial charge in [-0.3, -0.25) is 4.79 Å². The zero-order valence-electron chi connectivity index (χ0n) is 19.8. The Morgan fingerprint density at radius 1 is 1.06 bits per heavy atom. The van der Waals surface area contributed by atoms with Crippen LogP contribution in [0.25, 0.3) is 6.08 Å². The molecule has 0 unspecified atom stereocenters. The van der Waals surface area contributed by atoms with E-state index in [2.05, 4.69) is 33.0 Å². The van der Waals surface area contributed by atoms with Gasteiger partial charge in [0.15, 0.2) is 11.5 Å². The van der Waals surface area contributed by atoms with Gasteiger partial charge in [-0.1, -0.05) is 46.3 Å². The first-order valence-electron chi connectivity index (χ1n) is 11.4. The van der Waals surface area contributed by atoms with Crippen LogP contribution >= 0.6 is 15.9 Å². The first-order chi connectivity index (χ1) is 17.5. The summed E-state index contributed by atoms with van der Waals surface area (Å²) in [6.45, 7) is 2.62. The third-order valence-electron chi connectivity index (χ3n) is 5.91. The van der Waals surface area contributed by atoms with E-state index < -0.39 is 0 Å². The van der Waals surface area contributed by atoms with Crippen LogP contribution in [0.2, 0.25) is 0 Å². The highest BCUT2D eigenvalue weighted by Crippen LogP contribution is 2.35. The molecular formula is C28H25BrFN3O3. The van der Waals surface area contributed by atoms with Crippen LogP contribution in [0.5, 0.6) is 11.5 Å². The summed E-state index contributed by atoms with van der Waals surface area (Å²) in [4.78, 5) is 17.0. The van der Waals surface area contributed by atoms with Crippen LogP contribution in [0.15, 0.2) is 76.8 Å². The van der Waals surface area contributed by atoms with Crippen molar-refractivity contribution in [1.29, 1.82) is 5.26 Å². The van der Waals surface area contributed by atoms with E-state index in [-0.39, 0.29) is 23.9 Å². The van der Waals surface area contributed by atoms with Crippen molar-refractivity contribution < 1.29 is 18.7 Å². The molecule has 0 spiro atoms. The average Bonchev–Trinajstić information content (AvgIpc) is 2.91. The van der Waals surface area contributed by atoms with Gasteiger partial charge in [-0.25, -0.2) is 4.39 Å². The van der Waals surface area contributed by atoms with Crippen molar-refractivity contribution in [3.8, 4) is 17.6 Å². The molecule has 1 aliphatic heterocycles. The molecule has 0 bridgehead atoms. The molecule has 1 saturated heterocycles. The highest BCUT2D eigenvalue weighted by molar-refractivity contribution is 9.10. The van der Waals surface area contributed by atoms with Crippen molar-refractivity contribution in [2.75, 3.05) is 38.2 Å². The topological polar surface area (TPSA) is 65.8 Å². The molecule has 0 aliphatic carbocycles. The van der Waals surface area contributed by atoms with E-state index >= 15 is 0 Å². The smallest absolute Gasteiger partial charge is 0.264 e. The molecule has 1 heterocycles. The van der Waals surface area contributed by atoms with Crippen LogP contribution in [0, 0.1) is 17.1 Å². The first kappa shape index (κ1) is 25.3. The maximum absolute atomic E-state index is 13.5. The number of nitrogens with zero attached hydrogens (tertiary/aromatic N) is 3. The van der Waals surface area contributed by atoms with E-state index in [1.807, 2.05) is 24.3 Å². The number of para-hydroxylation sites is 1. The third-order valence-corrected chi connectivity index (χ3v) is 6.59. The standard InChI is InChI=1S/C28H25BrFN3O3/c1-35-26-16-21(25(29)17-27(26)36-19-20-6-5-7-23(30)14-20)15-22(18-31)28(34)33-12-10-32(11-13-33)24-8-3-2-4-9-24/h2-9,14-17H,10-13,19H2,1H3/b22-15-. The van der Waals surface area contributed by atoms with Crippen LogP contribution in [0.1, 0.15) is 11.1 Å². The molecule has 184 valence electrons. The molecule has 3 aromatic carbocycles. The highest BCUT2D eigenvalue weighted by Gasteiger charge is 2.24. The number of nitriles is 1. The molecule has 8 heteroatoms. The van der Waals surface area contributed by atoms with Crippen LogP contribution < -0.4 is 14.4 Å². The van der Waals surface area contributed by atoms with E-state index in [1.54, 1.807) is 35.2 Å². The Hall–Kier alpha value is -3.83. The maximum atomic E-state index is 13.5. The lowest BCUT2D eigenvalue weighted by atomic mass is 10.1. The van der Waals surface area contributed by atoms with Gasteiger partial charge < -0.3 is 19.3 Å². The molecular weight excluding hydrogens is 525 g/mol. The Balaban J connectivity index is 1.47. The molecule has 0 N–H and O–H groups in total. The minimum Gasteiger partial charge on any atom is -0.493 e. The number of hydrogen-bond acceptors (Lipinski definition) is 5. The molecule has 1 amide bonds. The predicted octanol–water partition coefficient (Wildman–Crippen LogP) is 5.43. The van der Waals surface area contributed by atoms with E-state index in [9.17, 15) is 14.4 Å². The Bertz CT molecular complexity index is 1300. The molecule has 6 nitrogen and oxygen atoms in total.